The first-order chi connectivity index (χ1) is 10.6. The Bertz CT molecular complexity index is 832. The first kappa shape index (κ1) is 14.2. The van der Waals surface area contributed by atoms with Gasteiger partial charge < -0.3 is 14.6 Å². The number of amides is 1. The molecule has 0 bridgehead atoms. The van der Waals surface area contributed by atoms with E-state index in [2.05, 4.69) is 24.5 Å². The fourth-order valence-corrected chi connectivity index (χ4v) is 2.70. The molecule has 0 unspecified atom stereocenters. The first-order valence-electron chi connectivity index (χ1n) is 7.10. The smallest absolute Gasteiger partial charge is 0.255 e. The molecule has 2 aromatic carbocycles. The normalized spacial score (nSPS) is 10.7. The lowest BCUT2D eigenvalue weighted by atomic mass is 10.1. The number of hydrogen-bond acceptors (Lipinski definition) is 2. The lowest BCUT2D eigenvalue weighted by Crippen LogP contribution is -2.12. The quantitative estimate of drug-likeness (QED) is 0.799. The number of carbonyl (C=O) groups is 1. The number of aromatic nitrogens is 1. The maximum absolute atomic E-state index is 12.4. The zero-order chi connectivity index (χ0) is 15.7. The van der Waals surface area contributed by atoms with Gasteiger partial charge in [0.05, 0.1) is 18.3 Å². The first-order valence-corrected chi connectivity index (χ1v) is 7.10. The fraction of sp³-hybridized carbons (Fsp3) is 0.167. The number of carbonyl (C=O) groups excluding carboxylic acids is 1. The molecule has 0 aliphatic rings. The number of nitrogens with one attached hydrogen (secondary N) is 1. The van der Waals surface area contributed by atoms with Gasteiger partial charge in [-0.1, -0.05) is 12.1 Å². The van der Waals surface area contributed by atoms with Gasteiger partial charge in [0.25, 0.3) is 5.91 Å². The molecule has 112 valence electrons. The second-order valence-corrected chi connectivity index (χ2v) is 5.31. The van der Waals surface area contributed by atoms with Crippen LogP contribution in [0.1, 0.15) is 15.9 Å². The summed E-state index contributed by atoms with van der Waals surface area (Å²) in [4.78, 5) is 12.4. The van der Waals surface area contributed by atoms with Gasteiger partial charge in [-0.05, 0) is 42.8 Å². The van der Waals surface area contributed by atoms with Crippen LogP contribution in [0.25, 0.3) is 10.9 Å². The lowest BCUT2D eigenvalue weighted by molar-refractivity contribution is 0.102. The third-order valence-electron chi connectivity index (χ3n) is 3.80. The number of anilines is 1. The van der Waals surface area contributed by atoms with E-state index in [4.69, 9.17) is 4.74 Å². The molecule has 3 aromatic rings. The van der Waals surface area contributed by atoms with Gasteiger partial charge in [0, 0.05) is 24.2 Å². The van der Waals surface area contributed by atoms with Crippen molar-refractivity contribution in [3.8, 4) is 5.75 Å². The Morgan fingerprint density at radius 3 is 2.55 bits per heavy atom. The highest BCUT2D eigenvalue weighted by molar-refractivity contribution is 6.09. The van der Waals surface area contributed by atoms with Crippen LogP contribution in [-0.4, -0.2) is 17.6 Å². The van der Waals surface area contributed by atoms with Gasteiger partial charge in [0.15, 0.2) is 0 Å². The Morgan fingerprint density at radius 1 is 1.14 bits per heavy atom. The van der Waals surface area contributed by atoms with E-state index in [0.717, 1.165) is 22.3 Å². The number of methoxy groups -OCH3 is 1. The van der Waals surface area contributed by atoms with Crippen LogP contribution in [0.2, 0.25) is 0 Å². The van der Waals surface area contributed by atoms with E-state index < -0.39 is 0 Å². The van der Waals surface area contributed by atoms with E-state index in [1.54, 1.807) is 31.4 Å². The molecule has 0 aliphatic heterocycles. The molecule has 1 N–H and O–H groups in total. The number of benzene rings is 2. The summed E-state index contributed by atoms with van der Waals surface area (Å²) in [5.74, 6) is 0.603. The van der Waals surface area contributed by atoms with Crippen LogP contribution in [0.4, 0.5) is 5.69 Å². The summed E-state index contributed by atoms with van der Waals surface area (Å²) in [5, 5.41) is 4.14. The molecule has 0 radical (unpaired) electrons. The number of rotatable bonds is 3. The number of para-hydroxylation sites is 1. The minimum atomic E-state index is -0.131. The van der Waals surface area contributed by atoms with Gasteiger partial charge in [0.1, 0.15) is 5.75 Å². The van der Waals surface area contributed by atoms with Crippen molar-refractivity contribution in [3.63, 3.8) is 0 Å². The second-order valence-electron chi connectivity index (χ2n) is 5.31. The number of fused-ring (bicyclic) bond motifs is 1. The average Bonchev–Trinajstić information content (AvgIpc) is 2.83. The van der Waals surface area contributed by atoms with Crippen LogP contribution in [0, 0.1) is 6.92 Å². The van der Waals surface area contributed by atoms with Crippen LogP contribution in [0.3, 0.4) is 0 Å². The lowest BCUT2D eigenvalue weighted by Gasteiger charge is -2.09. The largest absolute Gasteiger partial charge is 0.497 e. The molecular formula is C18H18N2O2. The maximum Gasteiger partial charge on any atom is 0.255 e. The van der Waals surface area contributed by atoms with Crippen LogP contribution in [-0.2, 0) is 7.05 Å². The Hall–Kier alpha value is -2.75. The van der Waals surface area contributed by atoms with Gasteiger partial charge in [-0.3, -0.25) is 4.79 Å². The van der Waals surface area contributed by atoms with Crippen molar-refractivity contribution in [2.45, 2.75) is 6.92 Å². The van der Waals surface area contributed by atoms with Gasteiger partial charge in [-0.2, -0.15) is 0 Å². The van der Waals surface area contributed by atoms with Crippen molar-refractivity contribution in [2.24, 2.45) is 7.05 Å². The number of hydrogen-bond donors (Lipinski definition) is 1. The van der Waals surface area contributed by atoms with Gasteiger partial charge in [-0.15, -0.1) is 0 Å². The summed E-state index contributed by atoms with van der Waals surface area (Å²) in [6, 6.07) is 13.0. The highest BCUT2D eigenvalue weighted by atomic mass is 16.5. The number of aryl methyl sites for hydroxylation is 2. The summed E-state index contributed by atoms with van der Waals surface area (Å²) in [5.41, 5.74) is 3.64. The van der Waals surface area contributed by atoms with Crippen LogP contribution in [0.15, 0.2) is 48.7 Å². The maximum atomic E-state index is 12.4. The molecule has 1 amide bonds. The second kappa shape index (κ2) is 5.56. The molecule has 4 nitrogen and oxygen atoms in total. The number of nitrogens with zero attached hydrogens (tertiary/aromatic N) is 1. The average molecular weight is 294 g/mol. The van der Waals surface area contributed by atoms with Gasteiger partial charge in [-0.25, -0.2) is 0 Å². The molecule has 0 spiro atoms. The van der Waals surface area contributed by atoms with Gasteiger partial charge in [0.2, 0.25) is 0 Å². The van der Waals surface area contributed by atoms with Crippen LogP contribution < -0.4 is 10.1 Å². The van der Waals surface area contributed by atoms with Crippen LogP contribution >= 0.6 is 0 Å². The molecule has 3 rings (SSSR count). The van der Waals surface area contributed by atoms with Crippen molar-refractivity contribution >= 4 is 22.5 Å². The molecule has 4 heteroatoms. The number of ether oxygens (including phenoxy) is 1. The Labute approximate surface area is 129 Å². The SMILES string of the molecule is COc1ccc(C(=O)Nc2cccc3c(C)cn(C)c23)cc1. The van der Waals surface area contributed by atoms with Crippen molar-refractivity contribution in [1.29, 1.82) is 0 Å². The third-order valence-corrected chi connectivity index (χ3v) is 3.80. The topological polar surface area (TPSA) is 43.3 Å². The standard InChI is InChI=1S/C18H18N2O2/c1-12-11-20(2)17-15(12)5-4-6-16(17)19-18(21)13-7-9-14(22-3)10-8-13/h4-11H,1-3H3,(H,19,21). The van der Waals surface area contributed by atoms with E-state index >= 15 is 0 Å². The predicted molar refractivity (Wildman–Crippen MR) is 88.6 cm³/mol. The zero-order valence-electron chi connectivity index (χ0n) is 12.9. The van der Waals surface area contributed by atoms with Gasteiger partial charge >= 0.3 is 0 Å². The molecule has 0 fully saturated rings. The van der Waals surface area contributed by atoms with Crippen molar-refractivity contribution in [3.05, 3.63) is 59.8 Å². The molecule has 0 saturated heterocycles. The highest BCUT2D eigenvalue weighted by Crippen LogP contribution is 2.27. The zero-order valence-corrected chi connectivity index (χ0v) is 12.9. The third kappa shape index (κ3) is 2.44. The van der Waals surface area contributed by atoms with Crippen molar-refractivity contribution < 1.29 is 9.53 Å². The summed E-state index contributed by atoms with van der Waals surface area (Å²) in [6.07, 6.45) is 2.06. The Morgan fingerprint density at radius 2 is 1.86 bits per heavy atom. The Balaban J connectivity index is 1.93. The summed E-state index contributed by atoms with van der Waals surface area (Å²) >= 11 is 0. The molecule has 1 heterocycles. The summed E-state index contributed by atoms with van der Waals surface area (Å²) in [7, 11) is 3.59. The van der Waals surface area contributed by atoms with E-state index in [1.165, 1.54) is 5.56 Å². The van der Waals surface area contributed by atoms with E-state index in [9.17, 15) is 4.79 Å². The summed E-state index contributed by atoms with van der Waals surface area (Å²) in [6.45, 7) is 2.07. The molecular weight excluding hydrogens is 276 g/mol. The van der Waals surface area contributed by atoms with Crippen molar-refractivity contribution in [1.82, 2.24) is 4.57 Å². The van der Waals surface area contributed by atoms with E-state index in [-0.39, 0.29) is 5.91 Å². The Kier molecular flexibility index (Phi) is 3.59. The van der Waals surface area contributed by atoms with Crippen LogP contribution in [0.5, 0.6) is 5.75 Å². The molecule has 0 saturated carbocycles. The van der Waals surface area contributed by atoms with Crippen molar-refractivity contribution in [2.75, 3.05) is 12.4 Å². The minimum absolute atomic E-state index is 0.131. The minimum Gasteiger partial charge on any atom is -0.497 e. The predicted octanol–water partition coefficient (Wildman–Crippen LogP) is 3.75. The fourth-order valence-electron chi connectivity index (χ4n) is 2.70. The molecule has 22 heavy (non-hydrogen) atoms. The summed E-state index contributed by atoms with van der Waals surface area (Å²) < 4.78 is 7.14. The highest BCUT2D eigenvalue weighted by Gasteiger charge is 2.11. The molecule has 0 aliphatic carbocycles. The monoisotopic (exact) mass is 294 g/mol. The van der Waals surface area contributed by atoms with E-state index in [1.807, 2.05) is 23.7 Å². The van der Waals surface area contributed by atoms with E-state index in [0.29, 0.717) is 5.56 Å². The molecule has 0 atom stereocenters. The molecule has 1 aromatic heterocycles.